The summed E-state index contributed by atoms with van der Waals surface area (Å²) in [4.78, 5) is 0. The lowest BCUT2D eigenvalue weighted by molar-refractivity contribution is -0.137. The van der Waals surface area contributed by atoms with E-state index in [1.807, 2.05) is 6.07 Å². The van der Waals surface area contributed by atoms with Crippen LogP contribution in [0.25, 0.3) is 0 Å². The van der Waals surface area contributed by atoms with Crippen LogP contribution < -0.4 is 4.74 Å². The van der Waals surface area contributed by atoms with Gasteiger partial charge < -0.3 is 4.74 Å². The molecule has 0 unspecified atom stereocenters. The molecule has 0 atom stereocenters. The predicted molar refractivity (Wildman–Crippen MR) is 67.4 cm³/mol. The molecule has 0 saturated heterocycles. The van der Waals surface area contributed by atoms with E-state index in [9.17, 15) is 13.2 Å². The number of alkyl halides is 3. The fourth-order valence-electron chi connectivity index (χ4n) is 1.69. The van der Waals surface area contributed by atoms with Gasteiger partial charge in [-0.1, -0.05) is 12.1 Å². The highest BCUT2D eigenvalue weighted by Gasteiger charge is 2.34. The number of halogens is 3. The summed E-state index contributed by atoms with van der Waals surface area (Å²) in [7, 11) is 0. The lowest BCUT2D eigenvalue weighted by Gasteiger charge is -2.12. The zero-order chi connectivity index (χ0) is 15.5. The Morgan fingerprint density at radius 1 is 0.905 bits per heavy atom. The van der Waals surface area contributed by atoms with Gasteiger partial charge in [0.15, 0.2) is 0 Å². The van der Waals surface area contributed by atoms with Crippen LogP contribution >= 0.6 is 0 Å². The average Bonchev–Trinajstić information content (AvgIpc) is 2.47. The summed E-state index contributed by atoms with van der Waals surface area (Å²) >= 11 is 0. The van der Waals surface area contributed by atoms with Gasteiger partial charge >= 0.3 is 6.18 Å². The Kier molecular flexibility index (Phi) is 3.82. The maximum atomic E-state index is 12.8. The lowest BCUT2D eigenvalue weighted by atomic mass is 10.1. The summed E-state index contributed by atoms with van der Waals surface area (Å²) in [6.07, 6.45) is -4.65. The fourth-order valence-corrected chi connectivity index (χ4v) is 1.69. The molecule has 0 aliphatic rings. The number of nitriles is 2. The molecule has 0 aromatic heterocycles. The van der Waals surface area contributed by atoms with Crippen LogP contribution in [0.3, 0.4) is 0 Å². The van der Waals surface area contributed by atoms with E-state index < -0.39 is 17.3 Å². The SMILES string of the molecule is N#Cc1ccccc1Oc1ccc(C#N)c(C(F)(F)F)c1. The minimum atomic E-state index is -4.65. The maximum Gasteiger partial charge on any atom is 0.417 e. The van der Waals surface area contributed by atoms with E-state index in [-0.39, 0.29) is 17.1 Å². The zero-order valence-electron chi connectivity index (χ0n) is 10.5. The van der Waals surface area contributed by atoms with Crippen LogP contribution in [0, 0.1) is 22.7 Å². The first-order valence-corrected chi connectivity index (χ1v) is 5.74. The van der Waals surface area contributed by atoms with E-state index in [0.29, 0.717) is 0 Å². The minimum Gasteiger partial charge on any atom is -0.456 e. The molecule has 0 aliphatic heterocycles. The second kappa shape index (κ2) is 5.56. The van der Waals surface area contributed by atoms with Gasteiger partial charge in [-0.05, 0) is 30.3 Å². The molecule has 2 aromatic rings. The first kappa shape index (κ1) is 14.4. The Morgan fingerprint density at radius 3 is 2.19 bits per heavy atom. The van der Waals surface area contributed by atoms with Crippen molar-refractivity contribution in [2.24, 2.45) is 0 Å². The van der Waals surface area contributed by atoms with Crippen molar-refractivity contribution in [2.75, 3.05) is 0 Å². The number of para-hydroxylation sites is 1. The molecule has 0 bridgehead atoms. The van der Waals surface area contributed by atoms with Gasteiger partial charge in [-0.3, -0.25) is 0 Å². The fraction of sp³-hybridized carbons (Fsp3) is 0.0667. The van der Waals surface area contributed by atoms with Crippen molar-refractivity contribution in [2.45, 2.75) is 6.18 Å². The number of rotatable bonds is 2. The Labute approximate surface area is 118 Å². The van der Waals surface area contributed by atoms with Crippen LogP contribution in [0.2, 0.25) is 0 Å². The molecule has 2 rings (SSSR count). The maximum absolute atomic E-state index is 12.8. The van der Waals surface area contributed by atoms with E-state index in [2.05, 4.69) is 0 Å². The number of benzene rings is 2. The molecule has 104 valence electrons. The monoisotopic (exact) mass is 288 g/mol. The highest BCUT2D eigenvalue weighted by molar-refractivity contribution is 5.48. The first-order chi connectivity index (χ1) is 9.95. The Bertz CT molecular complexity index is 755. The normalized spacial score (nSPS) is 10.5. The summed E-state index contributed by atoms with van der Waals surface area (Å²) in [6.45, 7) is 0. The zero-order valence-corrected chi connectivity index (χ0v) is 10.5. The molecule has 6 heteroatoms. The molecule has 0 saturated carbocycles. The average molecular weight is 288 g/mol. The van der Waals surface area contributed by atoms with Crippen LogP contribution in [0.15, 0.2) is 42.5 Å². The highest BCUT2D eigenvalue weighted by Crippen LogP contribution is 2.35. The lowest BCUT2D eigenvalue weighted by Crippen LogP contribution is -2.08. The Morgan fingerprint density at radius 2 is 1.57 bits per heavy atom. The topological polar surface area (TPSA) is 56.8 Å². The molecule has 0 radical (unpaired) electrons. The third kappa shape index (κ3) is 3.13. The molecular weight excluding hydrogens is 281 g/mol. The summed E-state index contributed by atoms with van der Waals surface area (Å²) < 4.78 is 43.8. The summed E-state index contributed by atoms with van der Waals surface area (Å²) in [5.41, 5.74) is -1.35. The van der Waals surface area contributed by atoms with Gasteiger partial charge in [0, 0.05) is 0 Å². The largest absolute Gasteiger partial charge is 0.456 e. The molecule has 0 spiro atoms. The van der Waals surface area contributed by atoms with Crippen molar-refractivity contribution in [1.29, 1.82) is 10.5 Å². The third-order valence-corrected chi connectivity index (χ3v) is 2.65. The number of hydrogen-bond acceptors (Lipinski definition) is 3. The van der Waals surface area contributed by atoms with E-state index >= 15 is 0 Å². The molecule has 0 heterocycles. The molecule has 0 N–H and O–H groups in total. The van der Waals surface area contributed by atoms with Crippen LogP contribution in [0.5, 0.6) is 11.5 Å². The van der Waals surface area contributed by atoms with Gasteiger partial charge in [-0.25, -0.2) is 0 Å². The van der Waals surface area contributed by atoms with Crippen molar-refractivity contribution in [3.05, 3.63) is 59.2 Å². The summed E-state index contributed by atoms with van der Waals surface area (Å²) in [5.74, 6) is 0.0573. The van der Waals surface area contributed by atoms with Crippen molar-refractivity contribution in [3.63, 3.8) is 0 Å². The van der Waals surface area contributed by atoms with Crippen LogP contribution in [-0.2, 0) is 6.18 Å². The van der Waals surface area contributed by atoms with Crippen LogP contribution in [0.1, 0.15) is 16.7 Å². The number of ether oxygens (including phenoxy) is 1. The van der Waals surface area contributed by atoms with Crippen molar-refractivity contribution >= 4 is 0 Å². The molecule has 0 fully saturated rings. The van der Waals surface area contributed by atoms with Crippen LogP contribution in [0.4, 0.5) is 13.2 Å². The Balaban J connectivity index is 2.43. The molecule has 3 nitrogen and oxygen atoms in total. The predicted octanol–water partition coefficient (Wildman–Crippen LogP) is 4.24. The van der Waals surface area contributed by atoms with Crippen LogP contribution in [-0.4, -0.2) is 0 Å². The van der Waals surface area contributed by atoms with E-state index in [1.54, 1.807) is 12.1 Å². The minimum absolute atomic E-state index is 0.0935. The summed E-state index contributed by atoms with van der Waals surface area (Å²) in [6, 6.07) is 12.6. The van der Waals surface area contributed by atoms with Gasteiger partial charge in [0.1, 0.15) is 17.6 Å². The third-order valence-electron chi connectivity index (χ3n) is 2.65. The molecule has 0 amide bonds. The van der Waals surface area contributed by atoms with Gasteiger partial charge in [0.25, 0.3) is 0 Å². The second-order valence-corrected chi connectivity index (χ2v) is 4.03. The van der Waals surface area contributed by atoms with Crippen molar-refractivity contribution in [1.82, 2.24) is 0 Å². The van der Waals surface area contributed by atoms with Gasteiger partial charge in [-0.15, -0.1) is 0 Å². The van der Waals surface area contributed by atoms with E-state index in [0.717, 1.165) is 12.1 Å². The molecule has 21 heavy (non-hydrogen) atoms. The van der Waals surface area contributed by atoms with Gasteiger partial charge in [-0.2, -0.15) is 23.7 Å². The van der Waals surface area contributed by atoms with Crippen molar-refractivity contribution < 1.29 is 17.9 Å². The quantitative estimate of drug-likeness (QED) is 0.830. The standard InChI is InChI=1S/C15H7F3N2O/c16-15(17,18)13-7-12(6-5-10(13)8-19)21-14-4-2-1-3-11(14)9-20/h1-7H. The second-order valence-electron chi connectivity index (χ2n) is 4.03. The molecule has 0 aliphatic carbocycles. The highest BCUT2D eigenvalue weighted by atomic mass is 19.4. The van der Waals surface area contributed by atoms with Gasteiger partial charge in [0.05, 0.1) is 22.8 Å². The number of hydrogen-bond donors (Lipinski definition) is 0. The van der Waals surface area contributed by atoms with E-state index in [4.69, 9.17) is 15.3 Å². The molecular formula is C15H7F3N2O. The summed E-state index contributed by atoms with van der Waals surface area (Å²) in [5, 5.41) is 17.6. The van der Waals surface area contributed by atoms with Crippen molar-refractivity contribution in [3.8, 4) is 23.6 Å². The Hall–Kier alpha value is -2.99. The van der Waals surface area contributed by atoms with E-state index in [1.165, 1.54) is 24.3 Å². The molecule has 2 aromatic carbocycles. The van der Waals surface area contributed by atoms with Gasteiger partial charge in [0.2, 0.25) is 0 Å². The number of nitrogens with zero attached hydrogens (tertiary/aromatic N) is 2. The smallest absolute Gasteiger partial charge is 0.417 e. The first-order valence-electron chi connectivity index (χ1n) is 5.74.